The molecule has 8 atom stereocenters. The molecule has 0 bridgehead atoms. The second-order valence-electron chi connectivity index (χ2n) is 13.3. The molecule has 1 aliphatic heterocycles. The van der Waals surface area contributed by atoms with Crippen LogP contribution in [-0.2, 0) is 38.3 Å². The van der Waals surface area contributed by atoms with E-state index in [1.807, 2.05) is 91.9 Å². The molecule has 5 rings (SSSR count). The van der Waals surface area contributed by atoms with E-state index >= 15 is 0 Å². The van der Waals surface area contributed by atoms with Crippen molar-refractivity contribution in [2.45, 2.75) is 74.9 Å². The van der Waals surface area contributed by atoms with Crippen molar-refractivity contribution >= 4 is 23.5 Å². The summed E-state index contributed by atoms with van der Waals surface area (Å²) >= 11 is 6.40. The molecular formula is C43H51ClN2O11. The number of aliphatic hydroxyl groups is 4. The van der Waals surface area contributed by atoms with Crippen LogP contribution in [0.25, 0.3) is 0 Å². The highest BCUT2D eigenvalue weighted by atomic mass is 35.5. The third-order valence-corrected chi connectivity index (χ3v) is 9.08. The van der Waals surface area contributed by atoms with Crippen molar-refractivity contribution in [2.75, 3.05) is 19.8 Å². The summed E-state index contributed by atoms with van der Waals surface area (Å²) in [6, 6.07) is 29.9. The van der Waals surface area contributed by atoms with Gasteiger partial charge in [-0.15, -0.1) is 6.42 Å². The smallest absolute Gasteiger partial charge is 0.320 e. The number of benzene rings is 4. The third-order valence-electron chi connectivity index (χ3n) is 8.72. The average molecular weight is 807 g/mol. The molecule has 0 aromatic heterocycles. The van der Waals surface area contributed by atoms with Crippen molar-refractivity contribution in [3.63, 3.8) is 0 Å². The molecule has 4 aromatic carbocycles. The van der Waals surface area contributed by atoms with Crippen molar-refractivity contribution in [3.05, 3.63) is 136 Å². The van der Waals surface area contributed by atoms with E-state index in [9.17, 15) is 30.0 Å². The lowest BCUT2D eigenvalue weighted by molar-refractivity contribution is -0.231. The molecule has 306 valence electrons. The first-order chi connectivity index (χ1) is 27.2. The van der Waals surface area contributed by atoms with Crippen LogP contribution in [-0.4, -0.2) is 105 Å². The van der Waals surface area contributed by atoms with E-state index in [2.05, 4.69) is 5.92 Å². The number of carboxylic acid groups (broad SMARTS) is 2. The molecule has 0 aliphatic carbocycles. The normalized spacial score (nSPS) is 20.2. The van der Waals surface area contributed by atoms with E-state index in [1.165, 1.54) is 0 Å². The van der Waals surface area contributed by atoms with E-state index in [4.69, 9.17) is 53.9 Å². The summed E-state index contributed by atoms with van der Waals surface area (Å²) in [5.74, 6) is 1.20. The van der Waals surface area contributed by atoms with Gasteiger partial charge in [0.15, 0.2) is 0 Å². The van der Waals surface area contributed by atoms with Crippen LogP contribution in [0, 0.1) is 12.3 Å². The van der Waals surface area contributed by atoms with Gasteiger partial charge in [-0.1, -0.05) is 102 Å². The first kappa shape index (κ1) is 46.5. The van der Waals surface area contributed by atoms with Crippen molar-refractivity contribution in [1.29, 1.82) is 0 Å². The third kappa shape index (κ3) is 15.5. The molecule has 1 saturated heterocycles. The molecule has 0 spiro atoms. The highest BCUT2D eigenvalue weighted by Crippen LogP contribution is 2.34. The van der Waals surface area contributed by atoms with Crippen LogP contribution in [0.2, 0.25) is 5.02 Å². The van der Waals surface area contributed by atoms with Gasteiger partial charge in [0.1, 0.15) is 61.1 Å². The number of carbonyl (C=O) groups is 2. The predicted molar refractivity (Wildman–Crippen MR) is 215 cm³/mol. The predicted octanol–water partition coefficient (Wildman–Crippen LogP) is 3.14. The molecule has 4 aromatic rings. The minimum Gasteiger partial charge on any atom is -0.488 e. The number of aliphatic hydroxyl groups excluding tert-OH is 4. The molecule has 1 aliphatic rings. The Morgan fingerprint density at radius 2 is 1.35 bits per heavy atom. The summed E-state index contributed by atoms with van der Waals surface area (Å²) in [7, 11) is 0. The van der Waals surface area contributed by atoms with Crippen molar-refractivity contribution in [1.82, 2.24) is 0 Å². The van der Waals surface area contributed by atoms with Crippen molar-refractivity contribution < 1.29 is 54.4 Å². The zero-order valence-corrected chi connectivity index (χ0v) is 32.3. The van der Waals surface area contributed by atoms with Crippen molar-refractivity contribution in [3.8, 4) is 18.1 Å². The van der Waals surface area contributed by atoms with Crippen LogP contribution >= 0.6 is 11.6 Å². The number of hydrogen-bond acceptors (Lipinski definition) is 11. The van der Waals surface area contributed by atoms with Gasteiger partial charge in [0, 0.05) is 5.02 Å². The molecule has 1 unspecified atom stereocenters. The Morgan fingerprint density at radius 1 is 0.807 bits per heavy atom. The van der Waals surface area contributed by atoms with Crippen LogP contribution < -0.4 is 16.2 Å². The van der Waals surface area contributed by atoms with Gasteiger partial charge in [-0.2, -0.15) is 0 Å². The van der Waals surface area contributed by atoms with Gasteiger partial charge in [0.2, 0.25) is 0 Å². The van der Waals surface area contributed by atoms with Crippen LogP contribution in [0.3, 0.4) is 0 Å². The van der Waals surface area contributed by atoms with Crippen LogP contribution in [0.1, 0.15) is 40.8 Å². The maximum atomic E-state index is 10.4. The molecule has 57 heavy (non-hydrogen) atoms. The number of halogens is 1. The summed E-state index contributed by atoms with van der Waals surface area (Å²) in [6.07, 6.45) is 0.237. The molecule has 1 heterocycles. The Balaban J connectivity index is 0.000000294. The van der Waals surface area contributed by atoms with Crippen LogP contribution in [0.5, 0.6) is 5.75 Å². The fraction of sp³-hybridized carbons (Fsp3) is 0.349. The number of rotatable bonds is 15. The number of ether oxygens (including phenoxy) is 3. The SMILES string of the molecule is C#CCOCC(C)Oc1ccc(Cc2cc([C@@H]3O[C@H](CO)[C@@H](O)[C@H](O)[C@H]3O)ccc2Cl)cc1.N[C@@H](Cc1ccccc1)C(=O)O.N[C@@H](Cc1ccccc1)C(=O)O. The van der Waals surface area contributed by atoms with Gasteiger partial charge >= 0.3 is 11.9 Å². The van der Waals surface area contributed by atoms with E-state index < -0.39 is 61.1 Å². The molecule has 1 fully saturated rings. The minimum absolute atomic E-state index is 0.145. The Kier molecular flexibility index (Phi) is 19.6. The zero-order valence-electron chi connectivity index (χ0n) is 31.5. The number of nitrogens with two attached hydrogens (primary N) is 2. The largest absolute Gasteiger partial charge is 0.488 e. The lowest BCUT2D eigenvalue weighted by Crippen LogP contribution is -2.55. The number of carboxylic acids is 2. The highest BCUT2D eigenvalue weighted by Gasteiger charge is 2.44. The number of terminal acetylenes is 1. The molecule has 0 saturated carbocycles. The maximum Gasteiger partial charge on any atom is 0.320 e. The first-order valence-corrected chi connectivity index (χ1v) is 18.5. The van der Waals surface area contributed by atoms with Crippen LogP contribution in [0.15, 0.2) is 103 Å². The quantitative estimate of drug-likeness (QED) is 0.0638. The second kappa shape index (κ2) is 24.0. The van der Waals surface area contributed by atoms with Gasteiger partial charge < -0.3 is 56.3 Å². The Hall–Kier alpha value is -4.85. The fourth-order valence-electron chi connectivity index (χ4n) is 5.65. The summed E-state index contributed by atoms with van der Waals surface area (Å²) in [6.45, 7) is 2.06. The lowest BCUT2D eigenvalue weighted by atomic mass is 9.90. The average Bonchev–Trinajstić information content (AvgIpc) is 3.20. The fourth-order valence-corrected chi connectivity index (χ4v) is 5.84. The van der Waals surface area contributed by atoms with Gasteiger partial charge in [-0.3, -0.25) is 9.59 Å². The standard InChI is InChI=1S/C25H29ClO7.2C9H11NO2/c1-3-10-31-14-15(2)32-19-7-4-16(5-8-19)11-18-12-17(6-9-20(18)26)25-24(30)23(29)22(28)21(13-27)33-25;2*10-8(9(11)12)6-7-4-2-1-3-5-7/h1,4-9,12,15,21-25,27-30H,10-11,13-14H2,2H3;2*1-5,8H,6,10H2,(H,11,12)/t15?,21-,22-,23+,24-,25+;2*8-/m100/s1. The van der Waals surface area contributed by atoms with Gasteiger partial charge in [0.25, 0.3) is 0 Å². The molecule has 13 nitrogen and oxygen atoms in total. The second-order valence-corrected chi connectivity index (χ2v) is 13.7. The topological polar surface area (TPSA) is 235 Å². The molecule has 10 N–H and O–H groups in total. The number of hydrogen-bond donors (Lipinski definition) is 8. The van der Waals surface area contributed by atoms with Gasteiger partial charge in [0.05, 0.1) is 13.2 Å². The van der Waals surface area contributed by atoms with Gasteiger partial charge in [-0.25, -0.2) is 0 Å². The summed E-state index contributed by atoms with van der Waals surface area (Å²) in [4.78, 5) is 20.8. The lowest BCUT2D eigenvalue weighted by Gasteiger charge is -2.40. The minimum atomic E-state index is -1.44. The maximum absolute atomic E-state index is 10.4. The zero-order chi connectivity index (χ0) is 41.9. The van der Waals surface area contributed by atoms with E-state index in [0.717, 1.165) is 22.3 Å². The molecule has 0 radical (unpaired) electrons. The Morgan fingerprint density at radius 3 is 1.84 bits per heavy atom. The first-order valence-electron chi connectivity index (χ1n) is 18.1. The van der Waals surface area contributed by atoms with Gasteiger partial charge in [-0.05, 0) is 72.2 Å². The van der Waals surface area contributed by atoms with E-state index in [0.29, 0.717) is 42.2 Å². The van der Waals surface area contributed by atoms with E-state index in [-0.39, 0.29) is 12.7 Å². The summed E-state index contributed by atoms with van der Waals surface area (Å²) in [5, 5.41) is 57.5. The summed E-state index contributed by atoms with van der Waals surface area (Å²) < 4.78 is 16.8. The summed E-state index contributed by atoms with van der Waals surface area (Å²) in [5.41, 5.74) is 15.0. The van der Waals surface area contributed by atoms with Crippen molar-refractivity contribution in [2.24, 2.45) is 11.5 Å². The Bertz CT molecular complexity index is 1780. The molecule has 14 heteroatoms. The highest BCUT2D eigenvalue weighted by molar-refractivity contribution is 6.31. The molecular weight excluding hydrogens is 756 g/mol. The number of aliphatic carboxylic acids is 2. The van der Waals surface area contributed by atoms with Crippen LogP contribution in [0.4, 0.5) is 0 Å². The van der Waals surface area contributed by atoms with E-state index in [1.54, 1.807) is 18.2 Å². The molecule has 0 amide bonds. The Labute approximate surface area is 337 Å². The monoisotopic (exact) mass is 806 g/mol.